The van der Waals surface area contributed by atoms with E-state index in [9.17, 15) is 9.59 Å². The van der Waals surface area contributed by atoms with Gasteiger partial charge in [0.05, 0.1) is 24.7 Å². The highest BCUT2D eigenvalue weighted by Crippen LogP contribution is 2.18. The van der Waals surface area contributed by atoms with E-state index >= 15 is 0 Å². The molecule has 2 N–H and O–H groups in total. The minimum Gasteiger partial charge on any atom is -0.481 e. The number of ether oxygens (including phenoxy) is 1. The van der Waals surface area contributed by atoms with Crippen LogP contribution in [0.5, 0.6) is 0 Å². The maximum atomic E-state index is 12.1. The number of carboxylic acids is 1. The molecule has 1 aliphatic heterocycles. The molecule has 1 heterocycles. The second-order valence-electron chi connectivity index (χ2n) is 5.53. The molecule has 0 radical (unpaired) electrons. The number of carbonyl (C=O) groups is 2. The molecule has 1 saturated heterocycles. The molecule has 110 valence electrons. The molecule has 1 atom stereocenters. The van der Waals surface area contributed by atoms with Gasteiger partial charge in [-0.2, -0.15) is 0 Å². The largest absolute Gasteiger partial charge is 0.481 e. The first-order valence-corrected chi connectivity index (χ1v) is 6.74. The Bertz CT molecular complexity index is 331. The lowest BCUT2D eigenvalue weighted by Gasteiger charge is -2.42. The van der Waals surface area contributed by atoms with E-state index in [1.807, 2.05) is 20.8 Å². The summed E-state index contributed by atoms with van der Waals surface area (Å²) in [4.78, 5) is 24.8. The van der Waals surface area contributed by atoms with Crippen LogP contribution in [0, 0.1) is 5.92 Å². The van der Waals surface area contributed by atoms with E-state index in [1.165, 1.54) is 0 Å². The molecular weight excluding hydrogens is 248 g/mol. The van der Waals surface area contributed by atoms with E-state index in [0.29, 0.717) is 26.2 Å². The van der Waals surface area contributed by atoms with E-state index in [1.54, 1.807) is 4.90 Å². The summed E-state index contributed by atoms with van der Waals surface area (Å²) in [6.45, 7) is 7.54. The summed E-state index contributed by atoms with van der Waals surface area (Å²) in [5.41, 5.74) is -0.355. The zero-order valence-electron chi connectivity index (χ0n) is 11.9. The average molecular weight is 272 g/mol. The van der Waals surface area contributed by atoms with Crippen LogP contribution in [0.4, 0.5) is 4.79 Å². The molecule has 0 spiro atoms. The molecule has 1 fully saturated rings. The van der Waals surface area contributed by atoms with E-state index in [0.717, 1.165) is 6.42 Å². The van der Waals surface area contributed by atoms with Crippen molar-refractivity contribution >= 4 is 12.0 Å². The van der Waals surface area contributed by atoms with Crippen molar-refractivity contribution in [3.05, 3.63) is 0 Å². The van der Waals surface area contributed by atoms with Gasteiger partial charge in [-0.1, -0.05) is 13.3 Å². The number of aliphatic carboxylic acids is 1. The zero-order valence-corrected chi connectivity index (χ0v) is 11.9. The summed E-state index contributed by atoms with van der Waals surface area (Å²) >= 11 is 0. The second-order valence-corrected chi connectivity index (χ2v) is 5.53. The molecule has 0 aromatic rings. The standard InChI is InChI=1S/C13H24N2O4/c1-4-5-10(11(16)17)8-14-12(18)15-6-7-19-9-13(15,2)3/h10H,4-9H2,1-3H3,(H,14,18)(H,16,17). The highest BCUT2D eigenvalue weighted by Gasteiger charge is 2.34. The van der Waals surface area contributed by atoms with Crippen LogP contribution in [0.2, 0.25) is 0 Å². The van der Waals surface area contributed by atoms with Gasteiger partial charge in [-0.05, 0) is 20.3 Å². The van der Waals surface area contributed by atoms with Gasteiger partial charge in [0.1, 0.15) is 0 Å². The molecule has 0 bridgehead atoms. The van der Waals surface area contributed by atoms with Crippen molar-refractivity contribution in [3.63, 3.8) is 0 Å². The number of rotatable bonds is 5. The van der Waals surface area contributed by atoms with E-state index in [-0.39, 0.29) is 18.1 Å². The zero-order chi connectivity index (χ0) is 14.5. The average Bonchev–Trinajstić information content (AvgIpc) is 2.33. The van der Waals surface area contributed by atoms with Gasteiger partial charge < -0.3 is 20.1 Å². The Morgan fingerprint density at radius 3 is 2.68 bits per heavy atom. The first kappa shape index (κ1) is 15.8. The van der Waals surface area contributed by atoms with Gasteiger partial charge >= 0.3 is 12.0 Å². The Labute approximate surface area is 114 Å². The minimum absolute atomic E-state index is 0.176. The first-order valence-electron chi connectivity index (χ1n) is 6.74. The summed E-state index contributed by atoms with van der Waals surface area (Å²) in [7, 11) is 0. The van der Waals surface area contributed by atoms with Gasteiger partial charge in [-0.3, -0.25) is 4.79 Å². The fourth-order valence-electron chi connectivity index (χ4n) is 2.20. The number of carboxylic acid groups (broad SMARTS) is 1. The fourth-order valence-corrected chi connectivity index (χ4v) is 2.20. The van der Waals surface area contributed by atoms with Crippen molar-refractivity contribution in [2.24, 2.45) is 5.92 Å². The number of urea groups is 1. The summed E-state index contributed by atoms with van der Waals surface area (Å²) in [5.74, 6) is -1.37. The molecular formula is C13H24N2O4. The number of carbonyl (C=O) groups excluding carboxylic acids is 1. The SMILES string of the molecule is CCCC(CNC(=O)N1CCOCC1(C)C)C(=O)O. The summed E-state index contributed by atoms with van der Waals surface area (Å²) < 4.78 is 5.35. The molecule has 6 heteroatoms. The third-order valence-corrected chi connectivity index (χ3v) is 3.38. The van der Waals surface area contributed by atoms with Crippen molar-refractivity contribution in [1.29, 1.82) is 0 Å². The normalized spacial score (nSPS) is 19.8. The number of hydrogen-bond donors (Lipinski definition) is 2. The van der Waals surface area contributed by atoms with Crippen LogP contribution in [0.1, 0.15) is 33.6 Å². The van der Waals surface area contributed by atoms with Crippen LogP contribution >= 0.6 is 0 Å². The van der Waals surface area contributed by atoms with Gasteiger partial charge in [0, 0.05) is 13.1 Å². The van der Waals surface area contributed by atoms with Crippen LogP contribution in [-0.4, -0.2) is 53.8 Å². The highest BCUT2D eigenvalue weighted by molar-refractivity contribution is 5.76. The van der Waals surface area contributed by atoms with Crippen molar-refractivity contribution in [2.75, 3.05) is 26.3 Å². The van der Waals surface area contributed by atoms with Crippen LogP contribution in [0.25, 0.3) is 0 Å². The van der Waals surface area contributed by atoms with Crippen molar-refractivity contribution in [1.82, 2.24) is 10.2 Å². The minimum atomic E-state index is -0.858. The smallest absolute Gasteiger partial charge is 0.318 e. The van der Waals surface area contributed by atoms with E-state index < -0.39 is 11.9 Å². The molecule has 1 rings (SSSR count). The maximum absolute atomic E-state index is 12.1. The van der Waals surface area contributed by atoms with Gasteiger partial charge in [-0.25, -0.2) is 4.79 Å². The lowest BCUT2D eigenvalue weighted by molar-refractivity contribution is -0.141. The van der Waals surface area contributed by atoms with Crippen LogP contribution < -0.4 is 5.32 Å². The molecule has 1 aliphatic rings. The Balaban J connectivity index is 2.51. The quantitative estimate of drug-likeness (QED) is 0.791. The lowest BCUT2D eigenvalue weighted by atomic mass is 10.0. The van der Waals surface area contributed by atoms with E-state index in [4.69, 9.17) is 9.84 Å². The highest BCUT2D eigenvalue weighted by atomic mass is 16.5. The number of nitrogens with one attached hydrogen (secondary N) is 1. The Kier molecular flexibility index (Phi) is 5.60. The summed E-state index contributed by atoms with van der Waals surface area (Å²) in [6, 6.07) is -0.212. The number of hydrogen-bond acceptors (Lipinski definition) is 3. The monoisotopic (exact) mass is 272 g/mol. The van der Waals surface area contributed by atoms with Crippen molar-refractivity contribution in [3.8, 4) is 0 Å². The maximum Gasteiger partial charge on any atom is 0.318 e. The Hall–Kier alpha value is -1.30. The fraction of sp³-hybridized carbons (Fsp3) is 0.846. The predicted octanol–water partition coefficient (Wildman–Crippen LogP) is 1.31. The van der Waals surface area contributed by atoms with Crippen molar-refractivity contribution < 1.29 is 19.4 Å². The van der Waals surface area contributed by atoms with Gasteiger partial charge in [0.25, 0.3) is 0 Å². The molecule has 0 aromatic heterocycles. The topological polar surface area (TPSA) is 78.9 Å². The van der Waals surface area contributed by atoms with Gasteiger partial charge in [-0.15, -0.1) is 0 Å². The summed E-state index contributed by atoms with van der Waals surface area (Å²) in [6.07, 6.45) is 1.36. The first-order chi connectivity index (χ1) is 8.88. The second kappa shape index (κ2) is 6.75. The van der Waals surface area contributed by atoms with Gasteiger partial charge in [0.2, 0.25) is 0 Å². The van der Waals surface area contributed by atoms with Gasteiger partial charge in [0.15, 0.2) is 0 Å². The molecule has 2 amide bonds. The number of amides is 2. The van der Waals surface area contributed by atoms with E-state index in [2.05, 4.69) is 5.32 Å². The molecule has 19 heavy (non-hydrogen) atoms. The predicted molar refractivity (Wildman–Crippen MR) is 71.0 cm³/mol. The molecule has 6 nitrogen and oxygen atoms in total. The number of morpholine rings is 1. The third kappa shape index (κ3) is 4.38. The van der Waals surface area contributed by atoms with Crippen LogP contribution in [0.15, 0.2) is 0 Å². The Morgan fingerprint density at radius 1 is 1.47 bits per heavy atom. The van der Waals surface area contributed by atoms with Crippen molar-refractivity contribution in [2.45, 2.75) is 39.2 Å². The molecule has 0 saturated carbocycles. The Morgan fingerprint density at radius 2 is 2.16 bits per heavy atom. The third-order valence-electron chi connectivity index (χ3n) is 3.38. The molecule has 0 aliphatic carbocycles. The number of nitrogens with zero attached hydrogens (tertiary/aromatic N) is 1. The molecule has 0 aromatic carbocycles. The summed E-state index contributed by atoms with van der Waals surface area (Å²) in [5, 5.41) is 11.8. The van der Waals surface area contributed by atoms with Crippen LogP contribution in [-0.2, 0) is 9.53 Å². The van der Waals surface area contributed by atoms with Crippen LogP contribution in [0.3, 0.4) is 0 Å². The molecule has 1 unspecified atom stereocenters. The lowest BCUT2D eigenvalue weighted by Crippen LogP contribution is -2.58.